The van der Waals surface area contributed by atoms with Crippen molar-refractivity contribution in [3.63, 3.8) is 0 Å². The summed E-state index contributed by atoms with van der Waals surface area (Å²) in [5.74, 6) is -0.429. The number of halogens is 1. The molecule has 0 saturated carbocycles. The van der Waals surface area contributed by atoms with Crippen molar-refractivity contribution in [2.75, 3.05) is 13.1 Å². The van der Waals surface area contributed by atoms with Crippen LogP contribution in [0, 0.1) is 5.82 Å². The van der Waals surface area contributed by atoms with Crippen LogP contribution in [-0.4, -0.2) is 46.5 Å². The van der Waals surface area contributed by atoms with Crippen molar-refractivity contribution in [3.8, 4) is 0 Å². The molecule has 1 atom stereocenters. The van der Waals surface area contributed by atoms with Crippen molar-refractivity contribution in [2.45, 2.75) is 65.1 Å². The highest BCUT2D eigenvalue weighted by Crippen LogP contribution is 2.23. The van der Waals surface area contributed by atoms with Crippen LogP contribution in [0.15, 0.2) is 24.3 Å². The number of benzene rings is 1. The van der Waals surface area contributed by atoms with E-state index in [1.165, 1.54) is 12.1 Å². The summed E-state index contributed by atoms with van der Waals surface area (Å²) in [7, 11) is 0. The number of carbonyl (C=O) groups excluding carboxylic acids is 2. The fraction of sp³-hybridized carbons (Fsp3) is 0.600. The maximum absolute atomic E-state index is 13.4. The molecule has 1 fully saturated rings. The van der Waals surface area contributed by atoms with E-state index in [0.29, 0.717) is 26.1 Å². The number of amides is 2. The molecular formula is C20H29FN2O3. The minimum absolute atomic E-state index is 0.109. The summed E-state index contributed by atoms with van der Waals surface area (Å²) in [5.41, 5.74) is 0.133. The zero-order valence-corrected chi connectivity index (χ0v) is 16.1. The second-order valence-corrected chi connectivity index (χ2v) is 7.67. The summed E-state index contributed by atoms with van der Waals surface area (Å²) >= 11 is 0. The average Bonchev–Trinajstić information content (AvgIpc) is 2.57. The van der Waals surface area contributed by atoms with E-state index in [4.69, 9.17) is 4.74 Å². The fourth-order valence-corrected chi connectivity index (χ4v) is 3.14. The molecule has 1 aliphatic heterocycles. The molecule has 1 aromatic carbocycles. The smallest absolute Gasteiger partial charge is 0.410 e. The Bertz CT molecular complexity index is 642. The van der Waals surface area contributed by atoms with Crippen LogP contribution in [-0.2, 0) is 16.1 Å². The van der Waals surface area contributed by atoms with E-state index in [9.17, 15) is 14.0 Å². The van der Waals surface area contributed by atoms with Gasteiger partial charge in [0, 0.05) is 19.6 Å². The molecule has 0 aliphatic carbocycles. The van der Waals surface area contributed by atoms with Gasteiger partial charge in [-0.3, -0.25) is 9.69 Å². The lowest BCUT2D eigenvalue weighted by Gasteiger charge is -2.38. The van der Waals surface area contributed by atoms with Gasteiger partial charge in [0.05, 0.1) is 0 Å². The molecule has 0 bridgehead atoms. The highest BCUT2D eigenvalue weighted by atomic mass is 19.1. The zero-order valence-electron chi connectivity index (χ0n) is 16.1. The number of likely N-dealkylation sites (tertiary alicyclic amines) is 1. The van der Waals surface area contributed by atoms with Gasteiger partial charge in [-0.15, -0.1) is 0 Å². The second-order valence-electron chi connectivity index (χ2n) is 7.67. The van der Waals surface area contributed by atoms with Crippen LogP contribution in [0.2, 0.25) is 0 Å². The van der Waals surface area contributed by atoms with Crippen LogP contribution >= 0.6 is 0 Å². The second kappa shape index (κ2) is 8.52. The van der Waals surface area contributed by atoms with Crippen molar-refractivity contribution in [3.05, 3.63) is 35.6 Å². The summed E-state index contributed by atoms with van der Waals surface area (Å²) in [6.45, 7) is 8.66. The maximum Gasteiger partial charge on any atom is 0.410 e. The highest BCUT2D eigenvalue weighted by Gasteiger charge is 2.36. The lowest BCUT2D eigenvalue weighted by atomic mass is 10.0. The third-order valence-electron chi connectivity index (χ3n) is 4.37. The molecule has 6 heteroatoms. The molecule has 1 aliphatic rings. The summed E-state index contributed by atoms with van der Waals surface area (Å²) in [6.07, 6.45) is 1.93. The lowest BCUT2D eigenvalue weighted by Crippen LogP contribution is -2.53. The van der Waals surface area contributed by atoms with Crippen molar-refractivity contribution in [1.29, 1.82) is 0 Å². The van der Waals surface area contributed by atoms with Crippen molar-refractivity contribution < 1.29 is 18.7 Å². The van der Waals surface area contributed by atoms with E-state index >= 15 is 0 Å². The van der Waals surface area contributed by atoms with Gasteiger partial charge in [-0.05, 0) is 64.7 Å². The van der Waals surface area contributed by atoms with Gasteiger partial charge in [0.2, 0.25) is 5.91 Å². The van der Waals surface area contributed by atoms with E-state index in [0.717, 1.165) is 18.4 Å². The number of hydrogen-bond acceptors (Lipinski definition) is 3. The Hall–Kier alpha value is -2.11. The quantitative estimate of drug-likeness (QED) is 0.812. The number of hydrogen-bond donors (Lipinski definition) is 0. The van der Waals surface area contributed by atoms with Gasteiger partial charge >= 0.3 is 6.09 Å². The molecule has 0 radical (unpaired) electrons. The lowest BCUT2D eigenvalue weighted by molar-refractivity contribution is -0.138. The van der Waals surface area contributed by atoms with Gasteiger partial charge in [0.1, 0.15) is 17.5 Å². The van der Waals surface area contributed by atoms with Crippen LogP contribution in [0.3, 0.4) is 0 Å². The number of ether oxygens (including phenoxy) is 1. The maximum atomic E-state index is 13.4. The normalized spacial score (nSPS) is 17.7. The predicted molar refractivity (Wildman–Crippen MR) is 98.1 cm³/mol. The van der Waals surface area contributed by atoms with E-state index in [1.807, 2.05) is 27.7 Å². The monoisotopic (exact) mass is 364 g/mol. The van der Waals surface area contributed by atoms with Crippen molar-refractivity contribution in [2.24, 2.45) is 0 Å². The molecule has 5 nitrogen and oxygen atoms in total. The molecule has 0 N–H and O–H groups in total. The van der Waals surface area contributed by atoms with E-state index < -0.39 is 17.7 Å². The van der Waals surface area contributed by atoms with Crippen molar-refractivity contribution in [1.82, 2.24) is 9.80 Å². The Morgan fingerprint density at radius 1 is 1.31 bits per heavy atom. The standard InChI is InChI=1S/C20H29FN2O3/c1-5-22(14-15-9-8-10-16(21)13-15)18(24)17-11-6-7-12-23(17)19(25)26-20(2,3)4/h8-10,13,17H,5-7,11-12,14H2,1-4H3/t17-/m1/s1. The van der Waals surface area contributed by atoms with E-state index in [1.54, 1.807) is 21.9 Å². The van der Waals surface area contributed by atoms with Gasteiger partial charge in [-0.25, -0.2) is 9.18 Å². The number of nitrogens with zero attached hydrogens (tertiary/aromatic N) is 2. The van der Waals surface area contributed by atoms with Gasteiger partial charge < -0.3 is 9.64 Å². The Morgan fingerprint density at radius 2 is 2.04 bits per heavy atom. The molecule has 0 aromatic heterocycles. The summed E-state index contributed by atoms with van der Waals surface area (Å²) in [5, 5.41) is 0. The largest absolute Gasteiger partial charge is 0.444 e. The Kier molecular flexibility index (Phi) is 6.62. The Morgan fingerprint density at radius 3 is 2.65 bits per heavy atom. The Labute approximate surface area is 155 Å². The molecule has 1 saturated heterocycles. The van der Waals surface area contributed by atoms with E-state index in [-0.39, 0.29) is 11.7 Å². The first-order valence-electron chi connectivity index (χ1n) is 9.24. The number of likely N-dealkylation sites (N-methyl/N-ethyl adjacent to an activating group) is 1. The van der Waals surface area contributed by atoms with Gasteiger partial charge in [0.25, 0.3) is 0 Å². The Balaban J connectivity index is 2.13. The third-order valence-corrected chi connectivity index (χ3v) is 4.37. The van der Waals surface area contributed by atoms with Crippen LogP contribution in [0.5, 0.6) is 0 Å². The van der Waals surface area contributed by atoms with Crippen LogP contribution in [0.4, 0.5) is 9.18 Å². The summed E-state index contributed by atoms with van der Waals surface area (Å²) in [6, 6.07) is 5.73. The molecule has 0 spiro atoms. The fourth-order valence-electron chi connectivity index (χ4n) is 3.14. The molecule has 0 unspecified atom stereocenters. The average molecular weight is 364 g/mol. The minimum Gasteiger partial charge on any atom is -0.444 e. The van der Waals surface area contributed by atoms with Crippen LogP contribution in [0.25, 0.3) is 0 Å². The molecule has 2 amide bonds. The van der Waals surface area contributed by atoms with Crippen LogP contribution < -0.4 is 0 Å². The molecule has 1 heterocycles. The van der Waals surface area contributed by atoms with Crippen LogP contribution in [0.1, 0.15) is 52.5 Å². The van der Waals surface area contributed by atoms with Gasteiger partial charge in [-0.1, -0.05) is 12.1 Å². The topological polar surface area (TPSA) is 49.9 Å². The molecule has 1 aromatic rings. The minimum atomic E-state index is -0.603. The first kappa shape index (κ1) is 20.2. The first-order valence-corrected chi connectivity index (χ1v) is 9.24. The molecule has 26 heavy (non-hydrogen) atoms. The SMILES string of the molecule is CCN(Cc1cccc(F)c1)C(=O)[C@H]1CCCCN1C(=O)OC(C)(C)C. The number of rotatable bonds is 4. The molecule has 2 rings (SSSR count). The molecular weight excluding hydrogens is 335 g/mol. The number of piperidine rings is 1. The summed E-state index contributed by atoms with van der Waals surface area (Å²) in [4.78, 5) is 28.8. The molecule has 144 valence electrons. The van der Waals surface area contributed by atoms with Crippen molar-refractivity contribution >= 4 is 12.0 Å². The summed E-state index contributed by atoms with van der Waals surface area (Å²) < 4.78 is 18.9. The highest BCUT2D eigenvalue weighted by molar-refractivity contribution is 5.86. The van der Waals surface area contributed by atoms with Gasteiger partial charge in [0.15, 0.2) is 0 Å². The van der Waals surface area contributed by atoms with Gasteiger partial charge in [-0.2, -0.15) is 0 Å². The zero-order chi connectivity index (χ0) is 19.3. The predicted octanol–water partition coefficient (Wildman–Crippen LogP) is 3.96. The first-order chi connectivity index (χ1) is 12.2. The third kappa shape index (κ3) is 5.44. The van der Waals surface area contributed by atoms with E-state index in [2.05, 4.69) is 0 Å². The number of carbonyl (C=O) groups is 2.